The van der Waals surface area contributed by atoms with E-state index >= 15 is 0 Å². The molecule has 2 amide bonds. The van der Waals surface area contributed by atoms with Gasteiger partial charge in [0.25, 0.3) is 11.8 Å². The predicted octanol–water partition coefficient (Wildman–Crippen LogP) is 4.40. The molecule has 0 saturated heterocycles. The van der Waals surface area contributed by atoms with Crippen LogP contribution >= 0.6 is 0 Å². The number of nitriles is 1. The molecule has 3 aromatic rings. The van der Waals surface area contributed by atoms with E-state index in [1.54, 1.807) is 48.5 Å². The zero-order valence-electron chi connectivity index (χ0n) is 17.7. The minimum Gasteiger partial charge on any atom is -0.493 e. The van der Waals surface area contributed by atoms with Gasteiger partial charge in [0.15, 0.2) is 18.1 Å². The van der Waals surface area contributed by atoms with Crippen molar-refractivity contribution in [3.8, 4) is 17.6 Å². The lowest BCUT2D eigenvalue weighted by atomic mass is 10.1. The number of rotatable bonds is 8. The Morgan fingerprint density at radius 2 is 1.73 bits per heavy atom. The summed E-state index contributed by atoms with van der Waals surface area (Å²) in [4.78, 5) is 24.5. The van der Waals surface area contributed by atoms with Crippen molar-refractivity contribution in [2.75, 3.05) is 24.4 Å². The molecule has 0 radical (unpaired) electrons. The summed E-state index contributed by atoms with van der Waals surface area (Å²) in [6, 6.07) is 21.2. The van der Waals surface area contributed by atoms with Gasteiger partial charge in [-0.15, -0.1) is 0 Å². The minimum absolute atomic E-state index is 0.0522. The van der Waals surface area contributed by atoms with Crippen LogP contribution in [-0.4, -0.2) is 25.5 Å². The Morgan fingerprint density at radius 3 is 2.42 bits per heavy atom. The van der Waals surface area contributed by atoms with Crippen molar-refractivity contribution in [3.63, 3.8) is 0 Å². The number of hydrogen-bond donors (Lipinski definition) is 2. The van der Waals surface area contributed by atoms with Crippen LogP contribution in [0.5, 0.6) is 11.5 Å². The standard InChI is InChI=1S/C25H20FN3O4/c1-32-23-14-17(13-18(15-27)25(31)28-19-7-3-2-4-8-19)11-12-22(23)33-16-24(30)29-21-10-6-5-9-20(21)26/h2-14H,16H2,1H3,(H,28,31)(H,29,30). The van der Waals surface area contributed by atoms with Gasteiger partial charge < -0.3 is 20.1 Å². The molecule has 3 aromatic carbocycles. The number of carbonyl (C=O) groups excluding carboxylic acids is 2. The summed E-state index contributed by atoms with van der Waals surface area (Å²) in [6.45, 7) is -0.372. The number of hydrogen-bond acceptors (Lipinski definition) is 5. The second-order valence-corrected chi connectivity index (χ2v) is 6.72. The number of para-hydroxylation sites is 2. The van der Waals surface area contributed by atoms with Crippen LogP contribution in [0.15, 0.2) is 78.4 Å². The monoisotopic (exact) mass is 445 g/mol. The zero-order valence-corrected chi connectivity index (χ0v) is 17.7. The van der Waals surface area contributed by atoms with Crippen LogP contribution in [0.1, 0.15) is 5.56 Å². The summed E-state index contributed by atoms with van der Waals surface area (Å²) in [5.41, 5.74) is 1.05. The third-order valence-corrected chi connectivity index (χ3v) is 4.40. The number of anilines is 2. The molecule has 7 nitrogen and oxygen atoms in total. The van der Waals surface area contributed by atoms with Gasteiger partial charge >= 0.3 is 0 Å². The first-order chi connectivity index (χ1) is 16.0. The van der Waals surface area contributed by atoms with E-state index in [1.807, 2.05) is 12.1 Å². The van der Waals surface area contributed by atoms with Gasteiger partial charge in [-0.05, 0) is 48.0 Å². The summed E-state index contributed by atoms with van der Waals surface area (Å²) in [5, 5.41) is 14.5. The molecule has 0 bridgehead atoms. The van der Waals surface area contributed by atoms with Crippen LogP contribution in [0.4, 0.5) is 15.8 Å². The van der Waals surface area contributed by atoms with Gasteiger partial charge in [0.1, 0.15) is 17.5 Å². The maximum atomic E-state index is 13.7. The SMILES string of the molecule is COc1cc(C=C(C#N)C(=O)Nc2ccccc2)ccc1OCC(=O)Nc1ccccc1F. The largest absolute Gasteiger partial charge is 0.493 e. The van der Waals surface area contributed by atoms with Crippen molar-refractivity contribution >= 4 is 29.3 Å². The molecular weight excluding hydrogens is 425 g/mol. The van der Waals surface area contributed by atoms with Gasteiger partial charge in [-0.3, -0.25) is 9.59 Å². The molecule has 0 saturated carbocycles. The number of halogens is 1. The Morgan fingerprint density at radius 1 is 1.00 bits per heavy atom. The van der Waals surface area contributed by atoms with Gasteiger partial charge in [0, 0.05) is 5.69 Å². The van der Waals surface area contributed by atoms with E-state index in [9.17, 15) is 19.2 Å². The van der Waals surface area contributed by atoms with Crippen LogP contribution in [0, 0.1) is 17.1 Å². The summed E-state index contributed by atoms with van der Waals surface area (Å²) < 4.78 is 24.4. The number of benzene rings is 3. The van der Waals surface area contributed by atoms with Gasteiger partial charge in [-0.1, -0.05) is 36.4 Å². The molecule has 0 aliphatic rings. The highest BCUT2D eigenvalue weighted by atomic mass is 19.1. The van der Waals surface area contributed by atoms with Crippen molar-refractivity contribution in [3.05, 3.63) is 89.8 Å². The normalized spacial score (nSPS) is 10.6. The average molecular weight is 445 g/mol. The molecule has 33 heavy (non-hydrogen) atoms. The third-order valence-electron chi connectivity index (χ3n) is 4.40. The van der Waals surface area contributed by atoms with Gasteiger partial charge in [0.05, 0.1) is 12.8 Å². The Hall–Kier alpha value is -4.64. The lowest BCUT2D eigenvalue weighted by molar-refractivity contribution is -0.118. The lowest BCUT2D eigenvalue weighted by Gasteiger charge is -2.12. The maximum absolute atomic E-state index is 13.7. The molecular formula is C25H20FN3O4. The minimum atomic E-state index is -0.552. The fraction of sp³-hybridized carbons (Fsp3) is 0.0800. The highest BCUT2D eigenvalue weighted by Crippen LogP contribution is 2.29. The van der Waals surface area contributed by atoms with Crippen LogP contribution in [0.3, 0.4) is 0 Å². The molecule has 166 valence electrons. The van der Waals surface area contributed by atoms with E-state index < -0.39 is 17.6 Å². The maximum Gasteiger partial charge on any atom is 0.266 e. The Kier molecular flexibility index (Phi) is 7.76. The molecule has 0 unspecified atom stereocenters. The molecule has 0 aromatic heterocycles. The second kappa shape index (κ2) is 11.1. The van der Waals surface area contributed by atoms with Gasteiger partial charge in [-0.25, -0.2) is 4.39 Å². The Bertz CT molecular complexity index is 1220. The van der Waals surface area contributed by atoms with Crippen LogP contribution < -0.4 is 20.1 Å². The summed E-state index contributed by atoms with van der Waals surface area (Å²) in [6.07, 6.45) is 1.41. The lowest BCUT2D eigenvalue weighted by Crippen LogP contribution is -2.20. The van der Waals surface area contributed by atoms with E-state index in [0.717, 1.165) is 0 Å². The van der Waals surface area contributed by atoms with Crippen molar-refractivity contribution in [1.29, 1.82) is 5.26 Å². The Balaban J connectivity index is 1.68. The third kappa shape index (κ3) is 6.42. The van der Waals surface area contributed by atoms with Crippen molar-refractivity contribution in [2.24, 2.45) is 0 Å². The Labute approximate surface area is 190 Å². The van der Waals surface area contributed by atoms with E-state index in [4.69, 9.17) is 9.47 Å². The topological polar surface area (TPSA) is 100 Å². The summed E-state index contributed by atoms with van der Waals surface area (Å²) >= 11 is 0. The smallest absolute Gasteiger partial charge is 0.266 e. The highest BCUT2D eigenvalue weighted by Gasteiger charge is 2.13. The number of nitrogens with one attached hydrogen (secondary N) is 2. The molecule has 2 N–H and O–H groups in total. The van der Waals surface area contributed by atoms with E-state index in [1.165, 1.54) is 31.4 Å². The van der Waals surface area contributed by atoms with E-state index in [2.05, 4.69) is 10.6 Å². The molecule has 0 aliphatic heterocycles. The predicted molar refractivity (Wildman–Crippen MR) is 122 cm³/mol. The fourth-order valence-corrected chi connectivity index (χ4v) is 2.82. The number of carbonyl (C=O) groups is 2. The number of amides is 2. The van der Waals surface area contributed by atoms with Crippen molar-refractivity contribution in [2.45, 2.75) is 0 Å². The van der Waals surface area contributed by atoms with Crippen molar-refractivity contribution in [1.82, 2.24) is 0 Å². The van der Waals surface area contributed by atoms with Gasteiger partial charge in [-0.2, -0.15) is 5.26 Å². The molecule has 0 heterocycles. The average Bonchev–Trinajstić information content (AvgIpc) is 2.83. The highest BCUT2D eigenvalue weighted by molar-refractivity contribution is 6.09. The quantitative estimate of drug-likeness (QED) is 0.395. The number of nitrogens with zero attached hydrogens (tertiary/aromatic N) is 1. The number of ether oxygens (including phenoxy) is 2. The van der Waals surface area contributed by atoms with Crippen LogP contribution in [0.2, 0.25) is 0 Å². The second-order valence-electron chi connectivity index (χ2n) is 6.72. The summed E-state index contributed by atoms with van der Waals surface area (Å²) in [5.74, 6) is -1.08. The number of methoxy groups -OCH3 is 1. The zero-order chi connectivity index (χ0) is 23.6. The molecule has 3 rings (SSSR count). The van der Waals surface area contributed by atoms with E-state index in [-0.39, 0.29) is 23.6 Å². The first kappa shape index (κ1) is 23.0. The van der Waals surface area contributed by atoms with Crippen LogP contribution in [0.25, 0.3) is 6.08 Å². The molecule has 0 aliphatic carbocycles. The van der Waals surface area contributed by atoms with Crippen LogP contribution in [-0.2, 0) is 9.59 Å². The molecule has 0 fully saturated rings. The first-order valence-corrected chi connectivity index (χ1v) is 9.83. The van der Waals surface area contributed by atoms with Crippen molar-refractivity contribution < 1.29 is 23.5 Å². The molecule has 8 heteroatoms. The first-order valence-electron chi connectivity index (χ1n) is 9.83. The van der Waals surface area contributed by atoms with E-state index in [0.29, 0.717) is 17.0 Å². The summed E-state index contributed by atoms with van der Waals surface area (Å²) in [7, 11) is 1.42. The molecule has 0 atom stereocenters. The van der Waals surface area contributed by atoms with Gasteiger partial charge in [0.2, 0.25) is 0 Å². The fourth-order valence-electron chi connectivity index (χ4n) is 2.82. The molecule has 0 spiro atoms.